The van der Waals surface area contributed by atoms with Crippen molar-refractivity contribution in [2.75, 3.05) is 25.2 Å². The lowest BCUT2D eigenvalue weighted by Crippen LogP contribution is -2.59. The summed E-state index contributed by atoms with van der Waals surface area (Å²) in [6.45, 7) is -0.387. The van der Waals surface area contributed by atoms with Crippen LogP contribution < -0.4 is 4.90 Å². The van der Waals surface area contributed by atoms with Crippen LogP contribution in [0.3, 0.4) is 0 Å². The van der Waals surface area contributed by atoms with E-state index < -0.39 is 23.1 Å². The largest absolute Gasteiger partial charge is 0.480 e. The molecule has 1 saturated heterocycles. The number of amides is 1. The Kier molecular flexibility index (Phi) is 3.60. The number of carbonyl (C=O) groups excluding carboxylic acids is 1. The number of hydrogen-bond donors (Lipinski definition) is 1. The molecule has 1 N–H and O–H groups in total. The summed E-state index contributed by atoms with van der Waals surface area (Å²) in [4.78, 5) is 24.4. The van der Waals surface area contributed by atoms with Crippen LogP contribution in [0.2, 0.25) is 0 Å². The standard InChI is InChI=1S/C12H11BrFNO4/c1-15(9-4-7(13)2-3-8(9)14)10(16)12(11(17)18)5-19-6-12/h2-4H,5-6H2,1H3,(H,17,18). The van der Waals surface area contributed by atoms with Crippen LogP contribution in [0.4, 0.5) is 10.1 Å². The Bertz CT molecular complexity index is 545. The van der Waals surface area contributed by atoms with E-state index in [-0.39, 0.29) is 18.9 Å². The molecule has 1 fully saturated rings. The molecule has 19 heavy (non-hydrogen) atoms. The fourth-order valence-electron chi connectivity index (χ4n) is 1.82. The minimum absolute atomic E-state index is 0.0203. The molecule has 0 spiro atoms. The maximum Gasteiger partial charge on any atom is 0.324 e. The summed E-state index contributed by atoms with van der Waals surface area (Å²) in [6, 6.07) is 4.12. The van der Waals surface area contributed by atoms with Crippen LogP contribution in [-0.4, -0.2) is 37.2 Å². The molecule has 0 aromatic heterocycles. The van der Waals surface area contributed by atoms with Crippen LogP contribution in [0.25, 0.3) is 0 Å². The van der Waals surface area contributed by atoms with Crippen LogP contribution in [0, 0.1) is 11.2 Å². The van der Waals surface area contributed by atoms with E-state index in [0.29, 0.717) is 4.47 Å². The number of carboxylic acids is 1. The highest BCUT2D eigenvalue weighted by molar-refractivity contribution is 9.10. The lowest BCUT2D eigenvalue weighted by Gasteiger charge is -2.38. The Morgan fingerprint density at radius 2 is 2.11 bits per heavy atom. The third-order valence-corrected chi connectivity index (χ3v) is 3.58. The first-order chi connectivity index (χ1) is 8.88. The molecule has 0 unspecified atom stereocenters. The Morgan fingerprint density at radius 1 is 1.47 bits per heavy atom. The molecule has 0 radical (unpaired) electrons. The summed E-state index contributed by atoms with van der Waals surface area (Å²) in [5.41, 5.74) is -1.59. The summed E-state index contributed by atoms with van der Waals surface area (Å²) in [5.74, 6) is -2.55. The molecule has 102 valence electrons. The quantitative estimate of drug-likeness (QED) is 0.855. The summed E-state index contributed by atoms with van der Waals surface area (Å²) in [6.07, 6.45) is 0. The Labute approximate surface area is 117 Å². The molecule has 7 heteroatoms. The van der Waals surface area contributed by atoms with Crippen molar-refractivity contribution in [2.45, 2.75) is 0 Å². The zero-order chi connectivity index (χ0) is 14.2. The van der Waals surface area contributed by atoms with Gasteiger partial charge in [0.25, 0.3) is 0 Å². The van der Waals surface area contributed by atoms with Gasteiger partial charge < -0.3 is 14.7 Å². The van der Waals surface area contributed by atoms with Gasteiger partial charge in [0.1, 0.15) is 5.82 Å². The topological polar surface area (TPSA) is 66.8 Å². The molecule has 1 aromatic carbocycles. The number of aliphatic carboxylic acids is 1. The van der Waals surface area contributed by atoms with Crippen LogP contribution in [0.1, 0.15) is 0 Å². The van der Waals surface area contributed by atoms with Gasteiger partial charge in [-0.1, -0.05) is 15.9 Å². The highest BCUT2D eigenvalue weighted by atomic mass is 79.9. The first kappa shape index (κ1) is 14.0. The van der Waals surface area contributed by atoms with E-state index in [2.05, 4.69) is 15.9 Å². The Balaban J connectivity index is 2.33. The zero-order valence-corrected chi connectivity index (χ0v) is 11.6. The number of carbonyl (C=O) groups is 2. The van der Waals surface area contributed by atoms with E-state index in [1.165, 1.54) is 25.2 Å². The Morgan fingerprint density at radius 3 is 2.58 bits per heavy atom. The van der Waals surface area contributed by atoms with E-state index in [1.807, 2.05) is 0 Å². The van der Waals surface area contributed by atoms with Crippen molar-refractivity contribution in [1.29, 1.82) is 0 Å². The summed E-state index contributed by atoms with van der Waals surface area (Å²) < 4.78 is 19.1. The summed E-state index contributed by atoms with van der Waals surface area (Å²) in [7, 11) is 1.34. The number of carboxylic acid groups (broad SMARTS) is 1. The molecule has 1 aromatic rings. The van der Waals surface area contributed by atoms with Crippen LogP contribution in [0.5, 0.6) is 0 Å². The number of rotatable bonds is 3. The van der Waals surface area contributed by atoms with Crippen LogP contribution in [0.15, 0.2) is 22.7 Å². The second-order valence-electron chi connectivity index (χ2n) is 4.34. The molecular weight excluding hydrogens is 321 g/mol. The number of nitrogens with zero attached hydrogens (tertiary/aromatic N) is 1. The molecule has 0 bridgehead atoms. The molecule has 0 aliphatic carbocycles. The average molecular weight is 332 g/mol. The maximum atomic E-state index is 13.7. The van der Waals surface area contributed by atoms with Gasteiger partial charge in [-0.2, -0.15) is 0 Å². The first-order valence-electron chi connectivity index (χ1n) is 5.43. The lowest BCUT2D eigenvalue weighted by atomic mass is 9.84. The van der Waals surface area contributed by atoms with Gasteiger partial charge in [-0.05, 0) is 18.2 Å². The fourth-order valence-corrected chi connectivity index (χ4v) is 2.17. The van der Waals surface area contributed by atoms with Crippen molar-refractivity contribution in [3.05, 3.63) is 28.5 Å². The van der Waals surface area contributed by atoms with E-state index in [4.69, 9.17) is 9.84 Å². The van der Waals surface area contributed by atoms with Crippen molar-refractivity contribution in [3.8, 4) is 0 Å². The van der Waals surface area contributed by atoms with Gasteiger partial charge >= 0.3 is 5.97 Å². The van der Waals surface area contributed by atoms with Gasteiger partial charge in [-0.15, -0.1) is 0 Å². The number of halogens is 2. The average Bonchev–Trinajstić information content (AvgIpc) is 2.29. The van der Waals surface area contributed by atoms with Crippen molar-refractivity contribution in [3.63, 3.8) is 0 Å². The zero-order valence-electron chi connectivity index (χ0n) is 10.0. The molecule has 1 aliphatic heterocycles. The molecule has 0 saturated carbocycles. The van der Waals surface area contributed by atoms with E-state index >= 15 is 0 Å². The van der Waals surface area contributed by atoms with E-state index in [9.17, 15) is 14.0 Å². The molecular formula is C12H11BrFNO4. The second kappa shape index (κ2) is 4.90. The predicted molar refractivity (Wildman–Crippen MR) is 68.4 cm³/mol. The molecule has 5 nitrogen and oxygen atoms in total. The smallest absolute Gasteiger partial charge is 0.324 e. The Hall–Kier alpha value is -1.47. The van der Waals surface area contributed by atoms with Crippen molar-refractivity contribution >= 4 is 33.5 Å². The second-order valence-corrected chi connectivity index (χ2v) is 5.26. The van der Waals surface area contributed by atoms with Gasteiger partial charge in [0, 0.05) is 11.5 Å². The summed E-state index contributed by atoms with van der Waals surface area (Å²) >= 11 is 3.18. The SMILES string of the molecule is CN(C(=O)C1(C(=O)O)COC1)c1cc(Br)ccc1F. The normalized spacial score (nSPS) is 16.6. The minimum atomic E-state index is -1.61. The molecule has 1 heterocycles. The third-order valence-electron chi connectivity index (χ3n) is 3.09. The molecule has 1 aliphatic rings. The van der Waals surface area contributed by atoms with Crippen LogP contribution in [-0.2, 0) is 14.3 Å². The fraction of sp³-hybridized carbons (Fsp3) is 0.333. The highest BCUT2D eigenvalue weighted by Crippen LogP contribution is 2.33. The molecule has 1 amide bonds. The lowest BCUT2D eigenvalue weighted by molar-refractivity contribution is -0.183. The van der Waals surface area contributed by atoms with Crippen molar-refractivity contribution in [2.24, 2.45) is 5.41 Å². The minimum Gasteiger partial charge on any atom is -0.480 e. The van der Waals surface area contributed by atoms with Gasteiger partial charge in [-0.3, -0.25) is 9.59 Å². The van der Waals surface area contributed by atoms with Crippen LogP contribution >= 0.6 is 15.9 Å². The van der Waals surface area contributed by atoms with E-state index in [0.717, 1.165) is 4.90 Å². The first-order valence-corrected chi connectivity index (χ1v) is 6.22. The van der Waals surface area contributed by atoms with Crippen molar-refractivity contribution in [1.82, 2.24) is 0 Å². The predicted octanol–water partition coefficient (Wildman–Crippen LogP) is 1.65. The van der Waals surface area contributed by atoms with Gasteiger partial charge in [0.05, 0.1) is 18.9 Å². The number of anilines is 1. The third kappa shape index (κ3) is 2.23. The van der Waals surface area contributed by atoms with Gasteiger partial charge in [0.15, 0.2) is 5.41 Å². The number of hydrogen-bond acceptors (Lipinski definition) is 3. The number of benzene rings is 1. The number of ether oxygens (including phenoxy) is 1. The van der Waals surface area contributed by atoms with Gasteiger partial charge in [0.2, 0.25) is 5.91 Å². The monoisotopic (exact) mass is 331 g/mol. The van der Waals surface area contributed by atoms with Gasteiger partial charge in [-0.25, -0.2) is 4.39 Å². The molecule has 2 rings (SSSR count). The molecule has 0 atom stereocenters. The maximum absolute atomic E-state index is 13.7. The summed E-state index contributed by atoms with van der Waals surface area (Å²) in [5, 5.41) is 9.14. The van der Waals surface area contributed by atoms with Crippen molar-refractivity contribution < 1.29 is 23.8 Å². The van der Waals surface area contributed by atoms with E-state index in [1.54, 1.807) is 0 Å². The highest BCUT2D eigenvalue weighted by Gasteiger charge is 2.54.